The van der Waals surface area contributed by atoms with Gasteiger partial charge in [-0.25, -0.2) is 9.59 Å². The van der Waals surface area contributed by atoms with Crippen molar-refractivity contribution in [2.24, 2.45) is 0 Å². The van der Waals surface area contributed by atoms with Crippen LogP contribution in [0.3, 0.4) is 0 Å². The molecule has 1 heterocycles. The smallest absolute Gasteiger partial charge is 0.411 e. The van der Waals surface area contributed by atoms with Crippen molar-refractivity contribution in [1.29, 1.82) is 0 Å². The average molecular weight is 383 g/mol. The molecule has 0 saturated carbocycles. The molecule has 0 fully saturated rings. The zero-order valence-corrected chi connectivity index (χ0v) is 15.2. The molecule has 3 rings (SSSR count). The van der Waals surface area contributed by atoms with Crippen LogP contribution in [0.2, 0.25) is 0 Å². The van der Waals surface area contributed by atoms with E-state index in [0.29, 0.717) is 0 Å². The van der Waals surface area contributed by atoms with Gasteiger partial charge in [-0.15, -0.1) is 0 Å². The van der Waals surface area contributed by atoms with Gasteiger partial charge in [-0.05, 0) is 32.0 Å². The minimum Gasteiger partial charge on any atom is -0.450 e. The molecule has 144 valence electrons. The molecule has 2 amide bonds. The van der Waals surface area contributed by atoms with Crippen LogP contribution in [-0.2, 0) is 9.47 Å². The molecule has 2 aromatic rings. The van der Waals surface area contributed by atoms with Crippen molar-refractivity contribution >= 4 is 35.1 Å². The van der Waals surface area contributed by atoms with Crippen molar-refractivity contribution < 1.29 is 28.7 Å². The van der Waals surface area contributed by atoms with E-state index in [9.17, 15) is 19.2 Å². The van der Waals surface area contributed by atoms with E-state index < -0.39 is 23.8 Å². The first-order valence-electron chi connectivity index (χ1n) is 8.55. The first-order valence-corrected chi connectivity index (χ1v) is 8.55. The zero-order chi connectivity index (χ0) is 20.3. The molecular formula is C19H17N3O6. The van der Waals surface area contributed by atoms with Gasteiger partial charge >= 0.3 is 12.2 Å². The van der Waals surface area contributed by atoms with Crippen LogP contribution in [0.25, 0.3) is 0 Å². The van der Waals surface area contributed by atoms with Gasteiger partial charge < -0.3 is 9.47 Å². The lowest BCUT2D eigenvalue weighted by Gasteiger charge is -2.22. The number of nitrogens with zero attached hydrogens (tertiary/aromatic N) is 1. The van der Waals surface area contributed by atoms with Crippen LogP contribution < -0.4 is 10.6 Å². The number of benzene rings is 1. The molecule has 0 saturated heterocycles. The molecule has 9 heteroatoms. The third-order valence-corrected chi connectivity index (χ3v) is 3.99. The van der Waals surface area contributed by atoms with Gasteiger partial charge in [0.1, 0.15) is 0 Å². The molecule has 0 bridgehead atoms. The fraction of sp³-hybridized carbons (Fsp3) is 0.211. The number of hydrogen-bond donors (Lipinski definition) is 2. The number of anilines is 2. The van der Waals surface area contributed by atoms with Crippen molar-refractivity contribution in [1.82, 2.24) is 4.98 Å². The molecule has 0 spiro atoms. The van der Waals surface area contributed by atoms with Crippen LogP contribution in [0.5, 0.6) is 0 Å². The Balaban J connectivity index is 2.15. The number of aromatic nitrogens is 1. The second-order valence-electron chi connectivity index (χ2n) is 5.68. The maximum absolute atomic E-state index is 13.1. The van der Waals surface area contributed by atoms with Crippen molar-refractivity contribution in [2.75, 3.05) is 23.8 Å². The molecule has 0 unspecified atom stereocenters. The van der Waals surface area contributed by atoms with Crippen molar-refractivity contribution in [3.8, 4) is 0 Å². The van der Waals surface area contributed by atoms with Gasteiger partial charge in [0.15, 0.2) is 11.6 Å². The van der Waals surface area contributed by atoms with Crippen molar-refractivity contribution in [3.05, 3.63) is 52.8 Å². The van der Waals surface area contributed by atoms with Crippen LogP contribution in [-0.4, -0.2) is 42.0 Å². The van der Waals surface area contributed by atoms with E-state index >= 15 is 0 Å². The summed E-state index contributed by atoms with van der Waals surface area (Å²) in [6.07, 6.45) is 1.15. The predicted octanol–water partition coefficient (Wildman–Crippen LogP) is 2.99. The van der Waals surface area contributed by atoms with E-state index in [1.54, 1.807) is 13.8 Å². The number of carbonyl (C=O) groups is 4. The highest BCUT2D eigenvalue weighted by Gasteiger charge is 2.35. The van der Waals surface area contributed by atoms with Crippen molar-refractivity contribution in [3.63, 3.8) is 0 Å². The highest BCUT2D eigenvalue weighted by atomic mass is 16.6. The molecular weight excluding hydrogens is 366 g/mol. The van der Waals surface area contributed by atoms with E-state index in [1.807, 2.05) is 0 Å². The van der Waals surface area contributed by atoms with Crippen LogP contribution in [0.4, 0.5) is 21.0 Å². The number of fused-ring (bicyclic) bond motifs is 2. The van der Waals surface area contributed by atoms with E-state index in [0.717, 1.165) is 0 Å². The maximum atomic E-state index is 13.1. The normalized spacial score (nSPS) is 11.9. The number of nitrogens with one attached hydrogen (secondary N) is 2. The standard InChI is InChI=1S/C19H17N3O6/c1-3-27-18(25)21-12-5-6-13(22-19(26)28-4-2)15-14(12)16(23)10-7-8-20-9-11(10)17(15)24/h5-9H,3-4H2,1-2H3,(H,21,25)(H,22,26). The highest BCUT2D eigenvalue weighted by molar-refractivity contribution is 6.32. The Morgan fingerprint density at radius 1 is 0.857 bits per heavy atom. The lowest BCUT2D eigenvalue weighted by atomic mass is 9.83. The number of ether oxygens (including phenoxy) is 2. The molecule has 1 aliphatic carbocycles. The monoisotopic (exact) mass is 383 g/mol. The van der Waals surface area contributed by atoms with Gasteiger partial charge in [0, 0.05) is 18.0 Å². The molecule has 0 aliphatic heterocycles. The van der Waals surface area contributed by atoms with E-state index in [4.69, 9.17) is 9.47 Å². The first-order chi connectivity index (χ1) is 13.5. The summed E-state index contributed by atoms with van der Waals surface area (Å²) in [7, 11) is 0. The van der Waals surface area contributed by atoms with Gasteiger partial charge in [-0.2, -0.15) is 0 Å². The maximum Gasteiger partial charge on any atom is 0.411 e. The molecule has 2 N–H and O–H groups in total. The van der Waals surface area contributed by atoms with Gasteiger partial charge in [-0.3, -0.25) is 25.2 Å². The molecule has 1 aliphatic rings. The number of rotatable bonds is 4. The number of pyridine rings is 1. The lowest BCUT2D eigenvalue weighted by molar-refractivity contribution is 0.0979. The summed E-state index contributed by atoms with van der Waals surface area (Å²) in [5.41, 5.74) is 0.381. The quantitative estimate of drug-likeness (QED) is 0.710. The largest absolute Gasteiger partial charge is 0.450 e. The minimum absolute atomic E-state index is 0.0361. The van der Waals surface area contributed by atoms with Gasteiger partial charge in [-0.1, -0.05) is 0 Å². The SMILES string of the molecule is CCOC(=O)Nc1ccc(NC(=O)OCC)c2c1C(=O)c1ccncc1C2=O. The number of hydrogen-bond acceptors (Lipinski definition) is 7. The van der Waals surface area contributed by atoms with Crippen LogP contribution >= 0.6 is 0 Å². The summed E-state index contributed by atoms with van der Waals surface area (Å²) in [4.78, 5) is 53.7. The third-order valence-electron chi connectivity index (χ3n) is 3.99. The summed E-state index contributed by atoms with van der Waals surface area (Å²) in [5, 5.41) is 4.92. The summed E-state index contributed by atoms with van der Waals surface area (Å²) >= 11 is 0. The molecule has 0 atom stereocenters. The predicted molar refractivity (Wildman–Crippen MR) is 98.8 cm³/mol. The zero-order valence-electron chi connectivity index (χ0n) is 15.2. The first kappa shape index (κ1) is 19.0. The Kier molecular flexibility index (Phi) is 5.35. The van der Waals surface area contributed by atoms with E-state index in [2.05, 4.69) is 15.6 Å². The van der Waals surface area contributed by atoms with E-state index in [1.165, 1.54) is 30.6 Å². The minimum atomic E-state index is -0.770. The number of ketones is 2. The Hall–Kier alpha value is -3.75. The molecule has 28 heavy (non-hydrogen) atoms. The van der Waals surface area contributed by atoms with Crippen LogP contribution in [0.15, 0.2) is 30.6 Å². The fourth-order valence-corrected chi connectivity index (χ4v) is 2.88. The van der Waals surface area contributed by atoms with Crippen LogP contribution in [0.1, 0.15) is 45.7 Å². The molecule has 0 radical (unpaired) electrons. The Bertz CT molecular complexity index is 908. The van der Waals surface area contributed by atoms with Gasteiger partial charge in [0.2, 0.25) is 0 Å². The topological polar surface area (TPSA) is 124 Å². The van der Waals surface area contributed by atoms with Gasteiger partial charge in [0.25, 0.3) is 0 Å². The van der Waals surface area contributed by atoms with Crippen LogP contribution in [0, 0.1) is 0 Å². The summed E-state index contributed by atoms with van der Waals surface area (Å²) in [6, 6.07) is 4.25. The lowest BCUT2D eigenvalue weighted by Crippen LogP contribution is -2.26. The Labute approximate surface area is 160 Å². The second kappa shape index (κ2) is 7.87. The molecule has 1 aromatic carbocycles. The third kappa shape index (κ3) is 3.41. The Morgan fingerprint density at radius 3 is 1.86 bits per heavy atom. The summed E-state index contributed by atoms with van der Waals surface area (Å²) in [5.74, 6) is -0.983. The van der Waals surface area contributed by atoms with Crippen molar-refractivity contribution in [2.45, 2.75) is 13.8 Å². The summed E-state index contributed by atoms with van der Waals surface area (Å²) in [6.45, 7) is 3.55. The van der Waals surface area contributed by atoms with Gasteiger partial charge in [0.05, 0.1) is 41.3 Å². The van der Waals surface area contributed by atoms with E-state index in [-0.39, 0.29) is 46.8 Å². The number of carbonyl (C=O) groups excluding carboxylic acids is 4. The fourth-order valence-electron chi connectivity index (χ4n) is 2.88. The highest BCUT2D eigenvalue weighted by Crippen LogP contribution is 2.36. The number of amides is 2. The second-order valence-corrected chi connectivity index (χ2v) is 5.68. The Morgan fingerprint density at radius 2 is 1.36 bits per heavy atom. The molecule has 9 nitrogen and oxygen atoms in total. The average Bonchev–Trinajstić information content (AvgIpc) is 2.67. The summed E-state index contributed by atoms with van der Waals surface area (Å²) < 4.78 is 9.70. The molecule has 1 aromatic heterocycles.